The molecule has 0 spiro atoms. The number of ether oxygens (including phenoxy) is 2. The number of rotatable bonds is 10. The van der Waals surface area contributed by atoms with Crippen LogP contribution in [-0.4, -0.2) is 84.2 Å². The first-order chi connectivity index (χ1) is 22.7. The van der Waals surface area contributed by atoms with E-state index in [2.05, 4.69) is 21.9 Å². The van der Waals surface area contributed by atoms with Crippen LogP contribution in [-0.2, 0) is 33.9 Å². The van der Waals surface area contributed by atoms with E-state index < -0.39 is 85.7 Å². The fourth-order valence-electron chi connectivity index (χ4n) is 5.95. The maximum atomic E-state index is 14.3. The molecule has 1 aliphatic heterocycles. The summed E-state index contributed by atoms with van der Waals surface area (Å²) in [5.41, 5.74) is -2.97. The van der Waals surface area contributed by atoms with Gasteiger partial charge in [-0.3, -0.25) is 19.1 Å². The van der Waals surface area contributed by atoms with Crippen molar-refractivity contribution >= 4 is 61.2 Å². The van der Waals surface area contributed by atoms with Gasteiger partial charge in [-0.1, -0.05) is 26.8 Å². The van der Waals surface area contributed by atoms with Crippen LogP contribution in [0.25, 0.3) is 10.1 Å². The summed E-state index contributed by atoms with van der Waals surface area (Å²) < 4.78 is 39.6. The van der Waals surface area contributed by atoms with Gasteiger partial charge in [0, 0.05) is 17.0 Å². The Morgan fingerprint density at radius 2 is 1.78 bits per heavy atom. The molecular formula is C34H44N4O9S2. The number of carbonyl (C=O) groups excluding carboxylic acids is 5. The number of fused-ring (bicyclic) bond motifs is 1. The van der Waals surface area contributed by atoms with Gasteiger partial charge in [-0.15, -0.1) is 17.9 Å². The van der Waals surface area contributed by atoms with E-state index in [4.69, 9.17) is 9.47 Å². The molecule has 2 aliphatic carbocycles. The van der Waals surface area contributed by atoms with Crippen LogP contribution < -0.4 is 15.4 Å². The van der Waals surface area contributed by atoms with Gasteiger partial charge < -0.3 is 25.0 Å². The van der Waals surface area contributed by atoms with Crippen LogP contribution >= 0.6 is 11.3 Å². The molecule has 2 heterocycles. The van der Waals surface area contributed by atoms with Crippen molar-refractivity contribution in [2.75, 3.05) is 6.54 Å². The number of sulfonamides is 1. The molecule has 49 heavy (non-hydrogen) atoms. The Morgan fingerprint density at radius 3 is 2.37 bits per heavy atom. The predicted octanol–water partition coefficient (Wildman–Crippen LogP) is 3.64. The molecule has 15 heteroatoms. The maximum absolute atomic E-state index is 14.3. The highest BCUT2D eigenvalue weighted by Gasteiger charge is 2.62. The summed E-state index contributed by atoms with van der Waals surface area (Å²) in [5, 5.41) is 7.49. The lowest BCUT2D eigenvalue weighted by molar-refractivity contribution is -0.143. The first-order valence-corrected chi connectivity index (χ1v) is 18.7. The molecule has 0 radical (unpaired) electrons. The number of carbonyl (C=O) groups is 5. The zero-order valence-corrected chi connectivity index (χ0v) is 30.2. The molecule has 3 aliphatic rings. The molecule has 1 aromatic carbocycles. The lowest BCUT2D eigenvalue weighted by Crippen LogP contribution is -2.60. The fraction of sp³-hybridized carbons (Fsp3) is 0.559. The van der Waals surface area contributed by atoms with E-state index in [0.29, 0.717) is 18.4 Å². The lowest BCUT2D eigenvalue weighted by Gasteiger charge is -2.36. The van der Waals surface area contributed by atoms with Gasteiger partial charge in [0.25, 0.3) is 5.91 Å². The van der Waals surface area contributed by atoms with Crippen molar-refractivity contribution < 1.29 is 41.9 Å². The van der Waals surface area contributed by atoms with Crippen molar-refractivity contribution in [2.24, 2.45) is 11.3 Å². The molecule has 0 bridgehead atoms. The number of amides is 4. The first kappa shape index (κ1) is 36.3. The smallest absolute Gasteiger partial charge is 0.408 e. The van der Waals surface area contributed by atoms with E-state index in [1.807, 2.05) is 17.5 Å². The highest BCUT2D eigenvalue weighted by atomic mass is 32.2. The number of thiophene rings is 1. The maximum Gasteiger partial charge on any atom is 0.408 e. The van der Waals surface area contributed by atoms with Crippen molar-refractivity contribution in [1.82, 2.24) is 20.3 Å². The molecule has 266 valence electrons. The van der Waals surface area contributed by atoms with Gasteiger partial charge in [-0.05, 0) is 80.5 Å². The Balaban J connectivity index is 1.40. The third-order valence-electron chi connectivity index (χ3n) is 8.83. The molecule has 5 atom stereocenters. The topological polar surface area (TPSA) is 177 Å². The molecule has 2 saturated carbocycles. The van der Waals surface area contributed by atoms with Crippen LogP contribution in [0, 0.1) is 11.3 Å². The number of nitrogens with one attached hydrogen (secondary N) is 3. The van der Waals surface area contributed by atoms with Crippen molar-refractivity contribution in [3.8, 4) is 0 Å². The van der Waals surface area contributed by atoms with Crippen molar-refractivity contribution in [1.29, 1.82) is 0 Å². The van der Waals surface area contributed by atoms with Gasteiger partial charge in [0.1, 0.15) is 29.3 Å². The second-order valence-corrected chi connectivity index (χ2v) is 18.0. The Kier molecular flexibility index (Phi) is 9.67. The summed E-state index contributed by atoms with van der Waals surface area (Å²) in [4.78, 5) is 69.1. The minimum atomic E-state index is -3.91. The van der Waals surface area contributed by atoms with Gasteiger partial charge in [0.05, 0.1) is 17.4 Å². The van der Waals surface area contributed by atoms with Gasteiger partial charge in [0.2, 0.25) is 21.8 Å². The van der Waals surface area contributed by atoms with Crippen LogP contribution in [0.4, 0.5) is 4.79 Å². The normalized spacial score (nSPS) is 24.4. The third-order valence-corrected chi connectivity index (χ3v) is 11.6. The van der Waals surface area contributed by atoms with Crippen LogP contribution in [0.5, 0.6) is 0 Å². The molecule has 1 aromatic heterocycles. The highest BCUT2D eigenvalue weighted by molar-refractivity contribution is 7.91. The summed E-state index contributed by atoms with van der Waals surface area (Å²) in [7, 11) is -3.91. The quantitative estimate of drug-likeness (QED) is 0.245. The molecule has 2 aromatic rings. The zero-order chi connectivity index (χ0) is 36.1. The average Bonchev–Trinajstić information content (AvgIpc) is 3.88. The Labute approximate surface area is 290 Å². The molecule has 3 fully saturated rings. The molecule has 0 unspecified atom stereocenters. The number of alkyl carbamates (subject to hydrolysis) is 1. The van der Waals surface area contributed by atoms with Crippen molar-refractivity contribution in [2.45, 2.75) is 102 Å². The fourth-order valence-corrected chi connectivity index (χ4v) is 8.08. The number of hydrogen-bond donors (Lipinski definition) is 3. The van der Waals surface area contributed by atoms with E-state index in [1.54, 1.807) is 53.7 Å². The molecule has 1 saturated heterocycles. The van der Waals surface area contributed by atoms with Crippen molar-refractivity contribution in [3.05, 3.63) is 47.9 Å². The van der Waals surface area contributed by atoms with E-state index in [0.717, 1.165) is 10.1 Å². The number of esters is 1. The summed E-state index contributed by atoms with van der Waals surface area (Å²) in [6.45, 7) is 13.9. The SMILES string of the molecule is C=C[C@@H]1C[C@]1(NC(=O)[C@@H]1C[C@@H](OC(=O)c2ccc3sccc3c2)CN1C(=O)[C@@H](NC(=O)OC(C)(C)C)C(C)(C)C)C(=O)NS(=O)(=O)C1CC1. The van der Waals surface area contributed by atoms with Crippen LogP contribution in [0.15, 0.2) is 42.3 Å². The van der Waals surface area contributed by atoms with E-state index in [9.17, 15) is 32.4 Å². The van der Waals surface area contributed by atoms with E-state index in [1.165, 1.54) is 22.3 Å². The van der Waals surface area contributed by atoms with Crippen molar-refractivity contribution in [3.63, 3.8) is 0 Å². The highest BCUT2D eigenvalue weighted by Crippen LogP contribution is 2.45. The molecule has 13 nitrogen and oxygen atoms in total. The summed E-state index contributed by atoms with van der Waals surface area (Å²) in [6, 6.07) is 4.66. The average molecular weight is 717 g/mol. The Bertz CT molecular complexity index is 1790. The van der Waals surface area contributed by atoms with Crippen LogP contribution in [0.3, 0.4) is 0 Å². The standard InChI is InChI=1S/C34H44N4O9S2/c1-8-21-17-34(21,30(42)37-49(44,45)23-10-11-23)36-27(39)24-16-22(46-29(41)20-9-12-25-19(15-20)13-14-48-25)18-38(24)28(40)26(32(2,3)4)35-31(43)47-33(5,6)7/h8-9,12-15,21-24,26H,1,10-11,16-18H2,2-7H3,(H,35,43)(H,36,39)(H,37,42)/t21-,22-,24+,26-,34-/m1/s1. The summed E-state index contributed by atoms with van der Waals surface area (Å²) >= 11 is 1.53. The number of hydrogen-bond acceptors (Lipinski definition) is 10. The molecular weight excluding hydrogens is 673 g/mol. The lowest BCUT2D eigenvalue weighted by atomic mass is 9.85. The minimum absolute atomic E-state index is 0.107. The minimum Gasteiger partial charge on any atom is -0.457 e. The number of nitrogens with zero attached hydrogens (tertiary/aromatic N) is 1. The Morgan fingerprint density at radius 1 is 1.08 bits per heavy atom. The summed E-state index contributed by atoms with van der Waals surface area (Å²) in [5.74, 6) is -3.42. The molecule has 3 N–H and O–H groups in total. The van der Waals surface area contributed by atoms with Gasteiger partial charge in [-0.2, -0.15) is 0 Å². The number of benzene rings is 1. The summed E-state index contributed by atoms with van der Waals surface area (Å²) in [6.07, 6.45) is 0.622. The molecule has 4 amide bonds. The van der Waals surface area contributed by atoms with Gasteiger partial charge in [0.15, 0.2) is 0 Å². The third kappa shape index (κ3) is 8.09. The second kappa shape index (κ2) is 13.0. The first-order valence-electron chi connectivity index (χ1n) is 16.2. The monoisotopic (exact) mass is 716 g/mol. The number of likely N-dealkylation sites (tertiary alicyclic amines) is 1. The largest absolute Gasteiger partial charge is 0.457 e. The molecule has 5 rings (SSSR count). The van der Waals surface area contributed by atoms with Crippen LogP contribution in [0.2, 0.25) is 0 Å². The van der Waals surface area contributed by atoms with Gasteiger partial charge >= 0.3 is 12.1 Å². The zero-order valence-electron chi connectivity index (χ0n) is 28.5. The second-order valence-electron chi connectivity index (χ2n) is 15.1. The van der Waals surface area contributed by atoms with Gasteiger partial charge in [-0.25, -0.2) is 18.0 Å². The predicted molar refractivity (Wildman–Crippen MR) is 183 cm³/mol. The Hall–Kier alpha value is -3.98. The van der Waals surface area contributed by atoms with E-state index >= 15 is 0 Å². The van der Waals surface area contributed by atoms with Crippen LogP contribution in [0.1, 0.15) is 77.6 Å². The van der Waals surface area contributed by atoms with E-state index in [-0.39, 0.29) is 19.4 Å².